The molecule has 0 N–H and O–H groups in total. The molecule has 106 valence electrons. The summed E-state index contributed by atoms with van der Waals surface area (Å²) < 4.78 is 0. The molecule has 0 unspecified atom stereocenters. The molecule has 0 radical (unpaired) electrons. The molecule has 0 atom stereocenters. The minimum atomic E-state index is 0.433. The van der Waals surface area contributed by atoms with E-state index in [2.05, 4.69) is 28.7 Å². The largest absolute Gasteiger partial charge is 0.352 e. The number of halogens is 1. The van der Waals surface area contributed by atoms with E-state index in [4.69, 9.17) is 11.6 Å². The lowest BCUT2D eigenvalue weighted by Gasteiger charge is -2.30. The first-order valence-corrected chi connectivity index (χ1v) is 7.87. The van der Waals surface area contributed by atoms with Gasteiger partial charge in [0, 0.05) is 12.6 Å². The summed E-state index contributed by atoms with van der Waals surface area (Å²) in [5.74, 6) is 2.17. The topological polar surface area (TPSA) is 29.0 Å². The zero-order valence-electron chi connectivity index (χ0n) is 12.0. The van der Waals surface area contributed by atoms with Gasteiger partial charge in [0.05, 0.1) is 24.0 Å². The van der Waals surface area contributed by atoms with Crippen molar-refractivity contribution in [3.8, 4) is 0 Å². The molecule has 3 nitrogen and oxygen atoms in total. The Kier molecular flexibility index (Phi) is 5.44. The molecule has 1 aliphatic carbocycles. The number of aromatic nitrogens is 2. The predicted octanol–water partition coefficient (Wildman–Crippen LogP) is 4.01. The molecular weight excluding hydrogens is 258 g/mol. The maximum absolute atomic E-state index is 5.77. The fourth-order valence-corrected chi connectivity index (χ4v) is 2.80. The van der Waals surface area contributed by atoms with Crippen molar-refractivity contribution < 1.29 is 0 Å². The number of alkyl halides is 1. The average molecular weight is 282 g/mol. The second-order valence-corrected chi connectivity index (χ2v) is 6.08. The monoisotopic (exact) mass is 281 g/mol. The quantitative estimate of drug-likeness (QED) is 0.738. The van der Waals surface area contributed by atoms with Gasteiger partial charge in [0.2, 0.25) is 0 Å². The van der Waals surface area contributed by atoms with E-state index in [1.165, 1.54) is 32.1 Å². The molecule has 0 amide bonds. The average Bonchev–Trinajstić information content (AvgIpc) is 2.93. The fraction of sp³-hybridized carbons (Fsp3) is 0.733. The second-order valence-electron chi connectivity index (χ2n) is 5.81. The highest BCUT2D eigenvalue weighted by molar-refractivity contribution is 6.16. The van der Waals surface area contributed by atoms with E-state index in [1.807, 2.05) is 6.20 Å². The van der Waals surface area contributed by atoms with Gasteiger partial charge in [0.1, 0.15) is 5.82 Å². The van der Waals surface area contributed by atoms with Crippen LogP contribution in [0.25, 0.3) is 0 Å². The Morgan fingerprint density at radius 1 is 1.26 bits per heavy atom. The second kappa shape index (κ2) is 7.09. The van der Waals surface area contributed by atoms with E-state index in [-0.39, 0.29) is 0 Å². The standard InChI is InChI=1S/C15H24ClN3/c1-12(2)7-8-19(14-5-3-4-6-14)15-11-17-13(9-16)10-18-15/h10-12,14H,3-9H2,1-2H3. The lowest BCUT2D eigenvalue weighted by atomic mass is 10.1. The van der Waals surface area contributed by atoms with Crippen molar-refractivity contribution in [3.63, 3.8) is 0 Å². The van der Waals surface area contributed by atoms with Gasteiger partial charge in [0.25, 0.3) is 0 Å². The molecule has 2 rings (SSSR count). The Bertz CT molecular complexity index is 371. The molecule has 0 spiro atoms. The minimum absolute atomic E-state index is 0.433. The van der Waals surface area contributed by atoms with Crippen molar-refractivity contribution in [2.45, 2.75) is 57.9 Å². The zero-order valence-corrected chi connectivity index (χ0v) is 12.7. The summed E-state index contributed by atoms with van der Waals surface area (Å²) in [6.07, 6.45) is 10.2. The van der Waals surface area contributed by atoms with Gasteiger partial charge in [-0.05, 0) is 25.2 Å². The van der Waals surface area contributed by atoms with E-state index < -0.39 is 0 Å². The van der Waals surface area contributed by atoms with Crippen LogP contribution in [0, 0.1) is 5.92 Å². The maximum atomic E-state index is 5.77. The molecule has 1 heterocycles. The first-order chi connectivity index (χ1) is 9.20. The van der Waals surface area contributed by atoms with E-state index >= 15 is 0 Å². The van der Waals surface area contributed by atoms with Crippen molar-refractivity contribution in [2.75, 3.05) is 11.4 Å². The summed E-state index contributed by atoms with van der Waals surface area (Å²) in [6.45, 7) is 5.63. The molecule has 1 aliphatic rings. The van der Waals surface area contributed by atoms with Crippen LogP contribution in [0.2, 0.25) is 0 Å². The predicted molar refractivity (Wildman–Crippen MR) is 80.6 cm³/mol. The smallest absolute Gasteiger partial charge is 0.147 e. The van der Waals surface area contributed by atoms with Gasteiger partial charge in [-0.2, -0.15) is 0 Å². The SMILES string of the molecule is CC(C)CCN(c1cnc(CCl)cn1)C1CCCC1. The Balaban J connectivity index is 2.09. The van der Waals surface area contributed by atoms with Crippen LogP contribution in [0.5, 0.6) is 0 Å². The van der Waals surface area contributed by atoms with E-state index in [1.54, 1.807) is 6.20 Å². The van der Waals surface area contributed by atoms with Crippen LogP contribution in [-0.4, -0.2) is 22.6 Å². The van der Waals surface area contributed by atoms with Crippen LogP contribution in [0.15, 0.2) is 12.4 Å². The Labute approximate surface area is 121 Å². The summed E-state index contributed by atoms with van der Waals surface area (Å²) in [5.41, 5.74) is 0.848. The van der Waals surface area contributed by atoms with Crippen LogP contribution < -0.4 is 4.90 Å². The van der Waals surface area contributed by atoms with Gasteiger partial charge in [-0.1, -0.05) is 26.7 Å². The van der Waals surface area contributed by atoms with Crippen molar-refractivity contribution in [1.29, 1.82) is 0 Å². The van der Waals surface area contributed by atoms with Crippen molar-refractivity contribution in [3.05, 3.63) is 18.1 Å². The number of hydrogen-bond donors (Lipinski definition) is 0. The van der Waals surface area contributed by atoms with Gasteiger partial charge >= 0.3 is 0 Å². The molecule has 0 bridgehead atoms. The number of hydrogen-bond acceptors (Lipinski definition) is 3. The molecule has 4 heteroatoms. The van der Waals surface area contributed by atoms with E-state index in [9.17, 15) is 0 Å². The minimum Gasteiger partial charge on any atom is -0.352 e. The van der Waals surface area contributed by atoms with Gasteiger partial charge in [-0.25, -0.2) is 4.98 Å². The maximum Gasteiger partial charge on any atom is 0.147 e. The van der Waals surface area contributed by atoms with Crippen LogP contribution in [-0.2, 0) is 5.88 Å². The first kappa shape index (κ1) is 14.6. The summed E-state index contributed by atoms with van der Waals surface area (Å²) in [7, 11) is 0. The molecule has 1 aromatic rings. The molecule has 0 aliphatic heterocycles. The van der Waals surface area contributed by atoms with Crippen LogP contribution in [0.3, 0.4) is 0 Å². The third kappa shape index (κ3) is 4.07. The molecule has 19 heavy (non-hydrogen) atoms. The normalized spacial score (nSPS) is 16.2. The third-order valence-corrected chi connectivity index (χ3v) is 4.11. The summed E-state index contributed by atoms with van der Waals surface area (Å²) >= 11 is 5.77. The van der Waals surface area contributed by atoms with Crippen molar-refractivity contribution in [1.82, 2.24) is 9.97 Å². The molecule has 1 saturated carbocycles. The number of rotatable bonds is 6. The highest BCUT2D eigenvalue weighted by Gasteiger charge is 2.23. The van der Waals surface area contributed by atoms with Gasteiger partial charge in [-0.3, -0.25) is 4.98 Å². The zero-order chi connectivity index (χ0) is 13.7. The van der Waals surface area contributed by atoms with Crippen molar-refractivity contribution >= 4 is 17.4 Å². The van der Waals surface area contributed by atoms with Crippen LogP contribution >= 0.6 is 11.6 Å². The molecule has 1 fully saturated rings. The summed E-state index contributed by atoms with van der Waals surface area (Å²) in [5, 5.41) is 0. The van der Waals surface area contributed by atoms with Crippen LogP contribution in [0.4, 0.5) is 5.82 Å². The lowest BCUT2D eigenvalue weighted by molar-refractivity contribution is 0.524. The Hall–Kier alpha value is -0.830. The highest BCUT2D eigenvalue weighted by Crippen LogP contribution is 2.27. The fourth-order valence-electron chi connectivity index (χ4n) is 2.66. The Morgan fingerprint density at radius 3 is 2.53 bits per heavy atom. The molecule has 0 saturated heterocycles. The highest BCUT2D eigenvalue weighted by atomic mass is 35.5. The molecule has 1 aromatic heterocycles. The van der Waals surface area contributed by atoms with E-state index in [0.29, 0.717) is 11.9 Å². The lowest BCUT2D eigenvalue weighted by Crippen LogP contribution is -2.35. The third-order valence-electron chi connectivity index (χ3n) is 3.84. The molecule has 0 aromatic carbocycles. The summed E-state index contributed by atoms with van der Waals surface area (Å²) in [4.78, 5) is 11.4. The summed E-state index contributed by atoms with van der Waals surface area (Å²) in [6, 6.07) is 0.648. The molecular formula is C15H24ClN3. The Morgan fingerprint density at radius 2 is 2.00 bits per heavy atom. The van der Waals surface area contributed by atoms with Gasteiger partial charge in [0.15, 0.2) is 0 Å². The van der Waals surface area contributed by atoms with Gasteiger partial charge in [-0.15, -0.1) is 11.6 Å². The number of anilines is 1. The first-order valence-electron chi connectivity index (χ1n) is 7.34. The van der Waals surface area contributed by atoms with E-state index in [0.717, 1.165) is 24.0 Å². The number of nitrogens with zero attached hydrogens (tertiary/aromatic N) is 3. The van der Waals surface area contributed by atoms with Gasteiger partial charge < -0.3 is 4.90 Å². The van der Waals surface area contributed by atoms with Crippen molar-refractivity contribution in [2.24, 2.45) is 5.92 Å². The van der Waals surface area contributed by atoms with Crippen LogP contribution in [0.1, 0.15) is 51.6 Å².